The van der Waals surface area contributed by atoms with Crippen LogP contribution in [0.2, 0.25) is 0 Å². The largest absolute Gasteiger partial charge is 0.490 e. The summed E-state index contributed by atoms with van der Waals surface area (Å²) in [5.41, 5.74) is 0.721. The first kappa shape index (κ1) is 19.5. The molecule has 1 N–H and O–H groups in total. The molecule has 6 nitrogen and oxygen atoms in total. The number of hydrogen-bond acceptors (Lipinski definition) is 4. The number of nitrogens with one attached hydrogen (secondary N) is 1. The summed E-state index contributed by atoms with van der Waals surface area (Å²) in [5.74, 6) is 0.787. The third kappa shape index (κ3) is 3.00. The zero-order valence-corrected chi connectivity index (χ0v) is 17.8. The van der Waals surface area contributed by atoms with E-state index in [9.17, 15) is 4.79 Å². The SMILES string of the molecule is CCOc1cccc2c1O[C@@]1(C)[C@H](C(=O)N(C)C)[C@H]2NC(=S)N1c1ccccc1. The van der Waals surface area contributed by atoms with Crippen LogP contribution in [-0.4, -0.2) is 42.3 Å². The molecule has 4 rings (SSSR count). The topological polar surface area (TPSA) is 54.0 Å². The Morgan fingerprint density at radius 2 is 1.97 bits per heavy atom. The van der Waals surface area contributed by atoms with Gasteiger partial charge in [-0.3, -0.25) is 9.69 Å². The number of ether oxygens (including phenoxy) is 2. The highest BCUT2D eigenvalue weighted by Gasteiger charge is 2.59. The average Bonchev–Trinajstić information content (AvgIpc) is 2.68. The molecule has 2 aliphatic rings. The first-order chi connectivity index (χ1) is 13.9. The fourth-order valence-electron chi connectivity index (χ4n) is 4.26. The summed E-state index contributed by atoms with van der Waals surface area (Å²) in [5, 5.41) is 3.93. The molecule has 2 aromatic rings. The fourth-order valence-corrected chi connectivity index (χ4v) is 4.67. The molecule has 2 aromatic carbocycles. The van der Waals surface area contributed by atoms with E-state index in [1.807, 2.05) is 67.3 Å². The lowest BCUT2D eigenvalue weighted by atomic mass is 9.78. The number of amides is 1. The predicted octanol–water partition coefficient (Wildman–Crippen LogP) is 3.33. The first-order valence-corrected chi connectivity index (χ1v) is 10.1. The minimum absolute atomic E-state index is 0.0269. The van der Waals surface area contributed by atoms with Crippen LogP contribution < -0.4 is 19.7 Å². The molecule has 1 fully saturated rings. The summed E-state index contributed by atoms with van der Waals surface area (Å²) in [7, 11) is 3.53. The zero-order chi connectivity index (χ0) is 20.8. The van der Waals surface area contributed by atoms with Crippen LogP contribution in [0.3, 0.4) is 0 Å². The Labute approximate surface area is 176 Å². The van der Waals surface area contributed by atoms with Crippen molar-refractivity contribution in [1.82, 2.24) is 10.2 Å². The van der Waals surface area contributed by atoms with E-state index in [-0.39, 0.29) is 11.9 Å². The summed E-state index contributed by atoms with van der Waals surface area (Å²) in [6, 6.07) is 15.2. The lowest BCUT2D eigenvalue weighted by Gasteiger charge is -2.56. The van der Waals surface area contributed by atoms with Crippen molar-refractivity contribution in [3.8, 4) is 11.5 Å². The highest BCUT2D eigenvalue weighted by molar-refractivity contribution is 7.80. The van der Waals surface area contributed by atoms with Gasteiger partial charge in [0.05, 0.1) is 12.6 Å². The number of thiocarbonyl (C=S) groups is 1. The molecule has 3 atom stereocenters. The molecule has 2 bridgehead atoms. The van der Waals surface area contributed by atoms with E-state index in [0.717, 1.165) is 11.3 Å². The highest BCUT2D eigenvalue weighted by atomic mass is 32.1. The molecule has 29 heavy (non-hydrogen) atoms. The molecule has 152 valence electrons. The van der Waals surface area contributed by atoms with Gasteiger partial charge in [0.2, 0.25) is 5.91 Å². The molecular formula is C22H25N3O3S. The molecule has 1 amide bonds. The van der Waals surface area contributed by atoms with Gasteiger partial charge >= 0.3 is 0 Å². The predicted molar refractivity (Wildman–Crippen MR) is 116 cm³/mol. The Morgan fingerprint density at radius 3 is 2.62 bits per heavy atom. The smallest absolute Gasteiger partial charge is 0.233 e. The Bertz CT molecular complexity index is 950. The van der Waals surface area contributed by atoms with Crippen LogP contribution in [0.4, 0.5) is 5.69 Å². The lowest BCUT2D eigenvalue weighted by Crippen LogP contribution is -2.72. The Balaban J connectivity index is 1.93. The molecule has 7 heteroatoms. The number of rotatable bonds is 4. The minimum atomic E-state index is -1.02. The van der Waals surface area contributed by atoms with E-state index in [2.05, 4.69) is 5.32 Å². The number of hydrogen-bond donors (Lipinski definition) is 1. The first-order valence-electron chi connectivity index (χ1n) is 9.70. The third-order valence-electron chi connectivity index (χ3n) is 5.51. The van der Waals surface area contributed by atoms with Crippen LogP contribution in [0.15, 0.2) is 48.5 Å². The molecule has 0 saturated carbocycles. The summed E-state index contributed by atoms with van der Waals surface area (Å²) in [4.78, 5) is 16.8. The molecule has 0 radical (unpaired) electrons. The van der Waals surface area contributed by atoms with Gasteiger partial charge in [0.25, 0.3) is 0 Å². The van der Waals surface area contributed by atoms with Crippen molar-refractivity contribution in [2.75, 3.05) is 25.6 Å². The molecule has 0 aromatic heterocycles. The standard InChI is InChI=1S/C22H25N3O3S/c1-5-27-16-13-9-12-15-18-17(20(26)24(3)4)22(2,28-19(15)16)25(21(29)23-18)14-10-7-6-8-11-14/h6-13,17-18H,5H2,1-4H3,(H,23,29)/t17-,18-,22-/m0/s1. The summed E-state index contributed by atoms with van der Waals surface area (Å²) >= 11 is 5.73. The second-order valence-corrected chi connectivity index (χ2v) is 7.96. The Kier molecular flexibility index (Phi) is 4.86. The summed E-state index contributed by atoms with van der Waals surface area (Å²) < 4.78 is 12.4. The maximum absolute atomic E-state index is 13.3. The van der Waals surface area contributed by atoms with Crippen molar-refractivity contribution in [2.45, 2.75) is 25.6 Å². The van der Waals surface area contributed by atoms with Gasteiger partial charge in [-0.05, 0) is 44.3 Å². The number of anilines is 1. The van der Waals surface area contributed by atoms with E-state index in [4.69, 9.17) is 21.7 Å². The number of para-hydroxylation sites is 2. The molecule has 0 aliphatic carbocycles. The van der Waals surface area contributed by atoms with E-state index in [0.29, 0.717) is 23.2 Å². The molecule has 2 aliphatic heterocycles. The van der Waals surface area contributed by atoms with Gasteiger partial charge in [0, 0.05) is 25.3 Å². The maximum Gasteiger partial charge on any atom is 0.233 e. The maximum atomic E-state index is 13.3. The fraction of sp³-hybridized carbons (Fsp3) is 0.364. The summed E-state index contributed by atoms with van der Waals surface area (Å²) in [6.07, 6.45) is 0. The lowest BCUT2D eigenvalue weighted by molar-refractivity contribution is -0.144. The second kappa shape index (κ2) is 7.22. The quantitative estimate of drug-likeness (QED) is 0.779. The van der Waals surface area contributed by atoms with Gasteiger partial charge in [-0.2, -0.15) is 0 Å². The molecule has 0 spiro atoms. The average molecular weight is 412 g/mol. The second-order valence-electron chi connectivity index (χ2n) is 7.57. The molecule has 0 unspecified atom stereocenters. The van der Waals surface area contributed by atoms with Crippen molar-refractivity contribution in [3.63, 3.8) is 0 Å². The summed E-state index contributed by atoms with van der Waals surface area (Å²) in [6.45, 7) is 4.39. The van der Waals surface area contributed by atoms with Gasteiger partial charge in [-0.1, -0.05) is 30.3 Å². The van der Waals surface area contributed by atoms with Crippen molar-refractivity contribution >= 4 is 28.9 Å². The van der Waals surface area contributed by atoms with E-state index < -0.39 is 11.6 Å². The number of carbonyl (C=O) groups is 1. The van der Waals surface area contributed by atoms with Gasteiger partial charge in [0.1, 0.15) is 5.92 Å². The normalized spacial score (nSPS) is 24.8. The van der Waals surface area contributed by atoms with Crippen LogP contribution in [-0.2, 0) is 4.79 Å². The van der Waals surface area contributed by atoms with E-state index in [1.54, 1.807) is 19.0 Å². The highest BCUT2D eigenvalue weighted by Crippen LogP contribution is 2.52. The monoisotopic (exact) mass is 411 g/mol. The van der Waals surface area contributed by atoms with Crippen molar-refractivity contribution < 1.29 is 14.3 Å². The Hall–Kier alpha value is -2.80. The number of nitrogens with zero attached hydrogens (tertiary/aromatic N) is 2. The molecule has 2 heterocycles. The van der Waals surface area contributed by atoms with Gasteiger partial charge < -0.3 is 19.7 Å². The van der Waals surface area contributed by atoms with E-state index in [1.165, 1.54) is 0 Å². The number of carbonyl (C=O) groups excluding carboxylic acids is 1. The van der Waals surface area contributed by atoms with Crippen LogP contribution in [0, 0.1) is 5.92 Å². The molecular weight excluding hydrogens is 386 g/mol. The van der Waals surface area contributed by atoms with Crippen LogP contribution in [0.5, 0.6) is 11.5 Å². The van der Waals surface area contributed by atoms with Gasteiger partial charge in [0.15, 0.2) is 22.3 Å². The van der Waals surface area contributed by atoms with Crippen LogP contribution in [0.1, 0.15) is 25.5 Å². The van der Waals surface area contributed by atoms with Crippen LogP contribution >= 0.6 is 12.2 Å². The van der Waals surface area contributed by atoms with Gasteiger partial charge in [-0.15, -0.1) is 0 Å². The van der Waals surface area contributed by atoms with Crippen molar-refractivity contribution in [1.29, 1.82) is 0 Å². The van der Waals surface area contributed by atoms with Crippen LogP contribution in [0.25, 0.3) is 0 Å². The molecule has 1 saturated heterocycles. The number of fused-ring (bicyclic) bond motifs is 4. The van der Waals surface area contributed by atoms with Gasteiger partial charge in [-0.25, -0.2) is 0 Å². The minimum Gasteiger partial charge on any atom is -0.490 e. The third-order valence-corrected chi connectivity index (χ3v) is 5.81. The van der Waals surface area contributed by atoms with Crippen molar-refractivity contribution in [2.24, 2.45) is 5.92 Å². The Morgan fingerprint density at radius 1 is 1.24 bits per heavy atom. The van der Waals surface area contributed by atoms with Crippen molar-refractivity contribution in [3.05, 3.63) is 54.1 Å². The number of benzene rings is 2. The van der Waals surface area contributed by atoms with E-state index >= 15 is 0 Å². The zero-order valence-electron chi connectivity index (χ0n) is 17.0.